The number of carbonyl (C=O) groups excluding carboxylic acids is 1. The average molecular weight is 254 g/mol. The summed E-state index contributed by atoms with van der Waals surface area (Å²) in [5.74, 6) is -2.93. The molecule has 1 rings (SSSR count). The summed E-state index contributed by atoms with van der Waals surface area (Å²) in [5, 5.41) is 11.2. The molecule has 0 aromatic heterocycles. The highest BCUT2D eigenvalue weighted by atomic mass is 19.1. The van der Waals surface area contributed by atoms with E-state index < -0.39 is 23.6 Å². The number of benzene rings is 1. The van der Waals surface area contributed by atoms with Crippen molar-refractivity contribution in [3.8, 4) is 0 Å². The summed E-state index contributed by atoms with van der Waals surface area (Å²) < 4.78 is 13.5. The van der Waals surface area contributed by atoms with Crippen molar-refractivity contribution >= 4 is 17.6 Å². The number of carboxylic acid groups (broad SMARTS) is 1. The molecule has 0 radical (unpaired) electrons. The Morgan fingerprint density at radius 3 is 2.72 bits per heavy atom. The zero-order valence-electron chi connectivity index (χ0n) is 9.94. The molecule has 4 N–H and O–H groups in total. The highest BCUT2D eigenvalue weighted by Crippen LogP contribution is 2.21. The van der Waals surface area contributed by atoms with E-state index in [1.54, 1.807) is 6.92 Å². The Hall–Kier alpha value is -1.95. The molecular formula is C12H15FN2O3. The van der Waals surface area contributed by atoms with Gasteiger partial charge in [0.2, 0.25) is 5.91 Å². The molecule has 0 bridgehead atoms. The number of para-hydroxylation sites is 1. The molecule has 1 atom stereocenters. The number of aromatic carboxylic acids is 1. The molecule has 98 valence electrons. The van der Waals surface area contributed by atoms with Crippen molar-refractivity contribution < 1.29 is 19.1 Å². The maximum atomic E-state index is 13.5. The first-order chi connectivity index (χ1) is 8.47. The van der Waals surface area contributed by atoms with Crippen LogP contribution in [0.4, 0.5) is 10.1 Å². The first-order valence-corrected chi connectivity index (χ1v) is 5.50. The van der Waals surface area contributed by atoms with Gasteiger partial charge < -0.3 is 16.2 Å². The number of rotatable bonds is 5. The normalized spacial score (nSPS) is 11.9. The number of anilines is 1. The zero-order valence-corrected chi connectivity index (χ0v) is 9.94. The van der Waals surface area contributed by atoms with E-state index in [0.29, 0.717) is 13.0 Å². The summed E-state index contributed by atoms with van der Waals surface area (Å²) >= 11 is 0. The van der Waals surface area contributed by atoms with E-state index in [9.17, 15) is 14.0 Å². The van der Waals surface area contributed by atoms with Crippen molar-refractivity contribution in [3.05, 3.63) is 29.6 Å². The molecule has 0 fully saturated rings. The molecule has 0 spiro atoms. The van der Waals surface area contributed by atoms with Gasteiger partial charge in [-0.3, -0.25) is 4.79 Å². The molecule has 1 unspecified atom stereocenters. The van der Waals surface area contributed by atoms with Crippen molar-refractivity contribution in [2.45, 2.75) is 13.3 Å². The maximum absolute atomic E-state index is 13.5. The largest absolute Gasteiger partial charge is 0.478 e. The van der Waals surface area contributed by atoms with Crippen molar-refractivity contribution in [1.82, 2.24) is 0 Å². The summed E-state index contributed by atoms with van der Waals surface area (Å²) in [5.41, 5.74) is 4.74. The van der Waals surface area contributed by atoms with E-state index >= 15 is 0 Å². The van der Waals surface area contributed by atoms with Gasteiger partial charge in [0.15, 0.2) is 0 Å². The molecule has 18 heavy (non-hydrogen) atoms. The second kappa shape index (κ2) is 6.11. The minimum atomic E-state index is -1.30. The van der Waals surface area contributed by atoms with Gasteiger partial charge in [-0.2, -0.15) is 0 Å². The average Bonchev–Trinajstić information content (AvgIpc) is 2.31. The third-order valence-electron chi connectivity index (χ3n) is 2.54. The number of carbonyl (C=O) groups is 2. The highest BCUT2D eigenvalue weighted by molar-refractivity contribution is 6.01. The van der Waals surface area contributed by atoms with Crippen LogP contribution in [0.2, 0.25) is 0 Å². The summed E-state index contributed by atoms with van der Waals surface area (Å²) in [7, 11) is 0. The fraction of sp³-hybridized carbons (Fsp3) is 0.333. The summed E-state index contributed by atoms with van der Waals surface area (Å²) in [6.45, 7) is 1.97. The monoisotopic (exact) mass is 254 g/mol. The Bertz CT molecular complexity index is 463. The van der Waals surface area contributed by atoms with E-state index in [0.717, 1.165) is 6.07 Å². The smallest absolute Gasteiger partial charge is 0.337 e. The van der Waals surface area contributed by atoms with Gasteiger partial charge in [-0.1, -0.05) is 13.0 Å². The Balaban J connectivity index is 2.96. The third-order valence-corrected chi connectivity index (χ3v) is 2.54. The maximum Gasteiger partial charge on any atom is 0.337 e. The number of amides is 1. The van der Waals surface area contributed by atoms with Crippen LogP contribution in [0.1, 0.15) is 23.7 Å². The van der Waals surface area contributed by atoms with E-state index in [4.69, 9.17) is 10.8 Å². The number of hydrogen-bond acceptors (Lipinski definition) is 3. The van der Waals surface area contributed by atoms with Crippen LogP contribution in [-0.2, 0) is 4.79 Å². The second-order valence-electron chi connectivity index (χ2n) is 3.94. The topological polar surface area (TPSA) is 92.4 Å². The minimum Gasteiger partial charge on any atom is -0.478 e. The van der Waals surface area contributed by atoms with Crippen molar-refractivity contribution in [1.29, 1.82) is 0 Å². The van der Waals surface area contributed by atoms with Crippen LogP contribution in [0.5, 0.6) is 0 Å². The van der Waals surface area contributed by atoms with Crippen LogP contribution < -0.4 is 11.1 Å². The molecule has 0 aliphatic heterocycles. The summed E-state index contributed by atoms with van der Waals surface area (Å²) in [6.07, 6.45) is 0.447. The van der Waals surface area contributed by atoms with Crippen LogP contribution in [-0.4, -0.2) is 23.5 Å². The number of halogens is 1. The zero-order chi connectivity index (χ0) is 13.7. The quantitative estimate of drug-likeness (QED) is 0.741. The van der Waals surface area contributed by atoms with Gasteiger partial charge in [-0.25, -0.2) is 9.18 Å². The van der Waals surface area contributed by atoms with E-state index in [2.05, 4.69) is 5.32 Å². The SMILES string of the molecule is CC(CCN)C(=O)Nc1c(F)cccc1C(=O)O. The fourth-order valence-corrected chi connectivity index (χ4v) is 1.46. The molecule has 1 aromatic rings. The van der Waals surface area contributed by atoms with Crippen LogP contribution in [0, 0.1) is 11.7 Å². The standard InChI is InChI=1S/C12H15FN2O3/c1-7(5-6-14)11(16)15-10-8(12(17)18)3-2-4-9(10)13/h2-4,7H,5-6,14H2,1H3,(H,15,16)(H,17,18). The van der Waals surface area contributed by atoms with Gasteiger partial charge in [0.1, 0.15) is 5.82 Å². The summed E-state index contributed by atoms with van der Waals surface area (Å²) in [4.78, 5) is 22.6. The van der Waals surface area contributed by atoms with Gasteiger partial charge in [-0.05, 0) is 25.1 Å². The van der Waals surface area contributed by atoms with Crippen LogP contribution >= 0.6 is 0 Å². The predicted octanol–water partition coefficient (Wildman–Crippen LogP) is 1.45. The van der Waals surface area contributed by atoms with Crippen LogP contribution in [0.3, 0.4) is 0 Å². The van der Waals surface area contributed by atoms with E-state index in [-0.39, 0.29) is 11.3 Å². The fourth-order valence-electron chi connectivity index (χ4n) is 1.46. The molecule has 1 aromatic carbocycles. The minimum absolute atomic E-state index is 0.275. The molecule has 0 saturated carbocycles. The Morgan fingerprint density at radius 1 is 1.50 bits per heavy atom. The molecule has 1 amide bonds. The second-order valence-corrected chi connectivity index (χ2v) is 3.94. The van der Waals surface area contributed by atoms with Crippen LogP contribution in [0.25, 0.3) is 0 Å². The lowest BCUT2D eigenvalue weighted by Gasteiger charge is -2.13. The number of nitrogens with one attached hydrogen (secondary N) is 1. The number of carboxylic acids is 1. The molecule has 0 aliphatic carbocycles. The lowest BCUT2D eigenvalue weighted by atomic mass is 10.1. The highest BCUT2D eigenvalue weighted by Gasteiger charge is 2.19. The van der Waals surface area contributed by atoms with Crippen molar-refractivity contribution in [2.75, 3.05) is 11.9 Å². The van der Waals surface area contributed by atoms with Crippen LogP contribution in [0.15, 0.2) is 18.2 Å². The molecule has 6 heteroatoms. The van der Waals surface area contributed by atoms with Gasteiger partial charge in [0, 0.05) is 5.92 Å². The number of nitrogens with two attached hydrogens (primary N) is 1. The van der Waals surface area contributed by atoms with Gasteiger partial charge in [0.05, 0.1) is 11.3 Å². The summed E-state index contributed by atoms with van der Waals surface area (Å²) in [6, 6.07) is 3.60. The first kappa shape index (κ1) is 14.1. The lowest BCUT2D eigenvalue weighted by molar-refractivity contribution is -0.119. The van der Waals surface area contributed by atoms with Crippen molar-refractivity contribution in [3.63, 3.8) is 0 Å². The van der Waals surface area contributed by atoms with E-state index in [1.165, 1.54) is 12.1 Å². The Labute approximate surface area is 104 Å². The third kappa shape index (κ3) is 3.27. The van der Waals surface area contributed by atoms with Gasteiger partial charge >= 0.3 is 5.97 Å². The van der Waals surface area contributed by atoms with E-state index in [1.807, 2.05) is 0 Å². The Morgan fingerprint density at radius 2 is 2.17 bits per heavy atom. The first-order valence-electron chi connectivity index (χ1n) is 5.50. The number of hydrogen-bond donors (Lipinski definition) is 3. The molecular weight excluding hydrogens is 239 g/mol. The molecule has 0 saturated heterocycles. The molecule has 5 nitrogen and oxygen atoms in total. The predicted molar refractivity (Wildman–Crippen MR) is 64.8 cm³/mol. The molecule has 0 aliphatic rings. The van der Waals surface area contributed by atoms with Gasteiger partial charge in [0.25, 0.3) is 0 Å². The molecule has 0 heterocycles. The van der Waals surface area contributed by atoms with Gasteiger partial charge in [-0.15, -0.1) is 0 Å². The Kier molecular flexibility index (Phi) is 4.79. The lowest BCUT2D eigenvalue weighted by Crippen LogP contribution is -2.24. The van der Waals surface area contributed by atoms with Crippen molar-refractivity contribution in [2.24, 2.45) is 11.7 Å².